The lowest BCUT2D eigenvalue weighted by Gasteiger charge is -2.28. The van der Waals surface area contributed by atoms with Crippen molar-refractivity contribution in [1.29, 1.82) is 0 Å². The van der Waals surface area contributed by atoms with Gasteiger partial charge in [-0.05, 0) is 50.1 Å². The van der Waals surface area contributed by atoms with Gasteiger partial charge in [0.1, 0.15) is 0 Å². The smallest absolute Gasteiger partial charge is 0.0396 e. The molecule has 0 bridgehead atoms. The molecule has 0 aliphatic heterocycles. The number of nitrogens with zero attached hydrogens (tertiary/aromatic N) is 1. The first-order chi connectivity index (χ1) is 9.11. The average Bonchev–Trinajstić information content (AvgIpc) is 3.20. The van der Waals surface area contributed by atoms with Crippen molar-refractivity contribution < 1.29 is 0 Å². The van der Waals surface area contributed by atoms with Crippen LogP contribution in [-0.2, 0) is 6.54 Å². The van der Waals surface area contributed by atoms with Crippen molar-refractivity contribution in [3.8, 4) is 0 Å². The first kappa shape index (κ1) is 14.7. The van der Waals surface area contributed by atoms with Crippen LogP contribution in [0.15, 0.2) is 18.2 Å². The lowest BCUT2D eigenvalue weighted by molar-refractivity contribution is 0.687. The fourth-order valence-corrected chi connectivity index (χ4v) is 3.07. The minimum Gasteiger partial charge on any atom is -0.371 e. The van der Waals surface area contributed by atoms with E-state index >= 15 is 0 Å². The third-order valence-corrected chi connectivity index (χ3v) is 4.70. The first-order valence-corrected chi connectivity index (χ1v) is 8.56. The summed E-state index contributed by atoms with van der Waals surface area (Å²) in [6.07, 6.45) is 4.88. The summed E-state index contributed by atoms with van der Waals surface area (Å²) in [5.74, 6) is 1.17. The maximum Gasteiger partial charge on any atom is 0.0396 e. The summed E-state index contributed by atoms with van der Waals surface area (Å²) in [6, 6.07) is 8.22. The van der Waals surface area contributed by atoms with Crippen molar-refractivity contribution in [2.45, 2.75) is 45.3 Å². The fourth-order valence-electron chi connectivity index (χ4n) is 2.36. The van der Waals surface area contributed by atoms with Crippen molar-refractivity contribution in [1.82, 2.24) is 5.32 Å². The van der Waals surface area contributed by atoms with Gasteiger partial charge in [-0.25, -0.2) is 0 Å². The number of benzene rings is 1. The van der Waals surface area contributed by atoms with Crippen LogP contribution in [0, 0.1) is 6.92 Å². The van der Waals surface area contributed by atoms with Gasteiger partial charge in [0.15, 0.2) is 0 Å². The van der Waals surface area contributed by atoms with Crippen LogP contribution in [0.3, 0.4) is 0 Å². The predicted molar refractivity (Wildman–Crippen MR) is 87.3 cm³/mol. The molecule has 2 rings (SSSR count). The summed E-state index contributed by atoms with van der Waals surface area (Å²) < 4.78 is 0. The largest absolute Gasteiger partial charge is 0.371 e. The SMILES string of the molecule is CSCC(C)N(C)c1ccc(CNC2CC2)cc1C. The molecule has 3 heteroatoms. The van der Waals surface area contributed by atoms with Crippen molar-refractivity contribution in [3.63, 3.8) is 0 Å². The Labute approximate surface area is 122 Å². The Morgan fingerprint density at radius 3 is 2.74 bits per heavy atom. The maximum absolute atomic E-state index is 3.57. The normalized spacial score (nSPS) is 16.4. The Kier molecular flexibility index (Phi) is 5.17. The highest BCUT2D eigenvalue weighted by molar-refractivity contribution is 7.98. The topological polar surface area (TPSA) is 15.3 Å². The van der Waals surface area contributed by atoms with E-state index in [1.165, 1.54) is 35.4 Å². The molecule has 1 N–H and O–H groups in total. The molecule has 1 fully saturated rings. The number of hydrogen-bond donors (Lipinski definition) is 1. The van der Waals surface area contributed by atoms with Gasteiger partial charge >= 0.3 is 0 Å². The van der Waals surface area contributed by atoms with Crippen molar-refractivity contribution in [2.24, 2.45) is 0 Å². The summed E-state index contributed by atoms with van der Waals surface area (Å²) in [4.78, 5) is 2.39. The highest BCUT2D eigenvalue weighted by Crippen LogP contribution is 2.24. The van der Waals surface area contributed by atoms with Crippen LogP contribution in [0.2, 0.25) is 0 Å². The van der Waals surface area contributed by atoms with Gasteiger partial charge in [-0.3, -0.25) is 0 Å². The zero-order valence-corrected chi connectivity index (χ0v) is 13.4. The molecule has 19 heavy (non-hydrogen) atoms. The Hall–Kier alpha value is -0.670. The van der Waals surface area contributed by atoms with E-state index in [-0.39, 0.29) is 0 Å². The number of nitrogens with one attached hydrogen (secondary N) is 1. The Balaban J connectivity index is 2.00. The van der Waals surface area contributed by atoms with E-state index in [2.05, 4.69) is 55.6 Å². The monoisotopic (exact) mass is 278 g/mol. The summed E-state index contributed by atoms with van der Waals surface area (Å²) >= 11 is 1.91. The molecule has 106 valence electrons. The molecular weight excluding hydrogens is 252 g/mol. The van der Waals surface area contributed by atoms with E-state index in [9.17, 15) is 0 Å². The Bertz CT molecular complexity index is 415. The van der Waals surface area contributed by atoms with Crippen LogP contribution in [-0.4, -0.2) is 31.1 Å². The van der Waals surface area contributed by atoms with Gasteiger partial charge in [0.25, 0.3) is 0 Å². The molecule has 1 aromatic rings. The molecular formula is C16H26N2S. The second kappa shape index (κ2) is 6.67. The number of rotatable bonds is 7. The highest BCUT2D eigenvalue weighted by atomic mass is 32.2. The van der Waals surface area contributed by atoms with Crippen LogP contribution in [0.4, 0.5) is 5.69 Å². The number of thioether (sulfide) groups is 1. The molecule has 1 aliphatic rings. The molecule has 2 nitrogen and oxygen atoms in total. The van der Waals surface area contributed by atoms with Crippen LogP contribution >= 0.6 is 11.8 Å². The van der Waals surface area contributed by atoms with Crippen molar-refractivity contribution in [2.75, 3.05) is 24.0 Å². The molecule has 0 amide bonds. The summed E-state index contributed by atoms with van der Waals surface area (Å²) in [7, 11) is 2.20. The van der Waals surface area contributed by atoms with E-state index in [0.29, 0.717) is 6.04 Å². The van der Waals surface area contributed by atoms with Crippen LogP contribution < -0.4 is 10.2 Å². The average molecular weight is 278 g/mol. The Morgan fingerprint density at radius 1 is 1.42 bits per heavy atom. The lowest BCUT2D eigenvalue weighted by atomic mass is 10.1. The van der Waals surface area contributed by atoms with Gasteiger partial charge in [-0.15, -0.1) is 0 Å². The first-order valence-electron chi connectivity index (χ1n) is 7.16. The van der Waals surface area contributed by atoms with Gasteiger partial charge in [0.05, 0.1) is 0 Å². The van der Waals surface area contributed by atoms with Crippen molar-refractivity contribution in [3.05, 3.63) is 29.3 Å². The molecule has 0 aromatic heterocycles. The summed E-state index contributed by atoms with van der Waals surface area (Å²) in [5, 5.41) is 3.57. The molecule has 0 saturated heterocycles. The van der Waals surface area contributed by atoms with Gasteiger partial charge in [0.2, 0.25) is 0 Å². The van der Waals surface area contributed by atoms with Crippen molar-refractivity contribution >= 4 is 17.4 Å². The molecule has 1 aromatic carbocycles. The summed E-state index contributed by atoms with van der Waals surface area (Å²) in [6.45, 7) is 5.52. The van der Waals surface area contributed by atoms with Gasteiger partial charge in [-0.1, -0.05) is 12.1 Å². The molecule has 0 radical (unpaired) electrons. The lowest BCUT2D eigenvalue weighted by Crippen LogP contribution is -2.31. The zero-order chi connectivity index (χ0) is 13.8. The van der Waals surface area contributed by atoms with Crippen LogP contribution in [0.5, 0.6) is 0 Å². The summed E-state index contributed by atoms with van der Waals surface area (Å²) in [5.41, 5.74) is 4.14. The minimum absolute atomic E-state index is 0.573. The second-order valence-corrected chi connectivity index (χ2v) is 6.60. The number of aryl methyl sites for hydroxylation is 1. The van der Waals surface area contributed by atoms with Crippen LogP contribution in [0.1, 0.15) is 30.9 Å². The van der Waals surface area contributed by atoms with E-state index < -0.39 is 0 Å². The van der Waals surface area contributed by atoms with Gasteiger partial charge < -0.3 is 10.2 Å². The van der Waals surface area contributed by atoms with Gasteiger partial charge in [0, 0.05) is 37.1 Å². The molecule has 1 aliphatic carbocycles. The molecule has 0 heterocycles. The third kappa shape index (κ3) is 4.15. The second-order valence-electron chi connectivity index (χ2n) is 5.69. The third-order valence-electron chi connectivity index (χ3n) is 3.88. The number of anilines is 1. The molecule has 1 saturated carbocycles. The van der Waals surface area contributed by atoms with E-state index in [1.54, 1.807) is 0 Å². The Morgan fingerprint density at radius 2 is 2.16 bits per heavy atom. The molecule has 0 spiro atoms. The quantitative estimate of drug-likeness (QED) is 0.822. The zero-order valence-electron chi connectivity index (χ0n) is 12.6. The standard InChI is InChI=1S/C16H26N2S/c1-12-9-14(10-17-15-6-7-15)5-8-16(12)18(3)13(2)11-19-4/h5,8-9,13,15,17H,6-7,10-11H2,1-4H3. The molecule has 1 atom stereocenters. The molecule has 1 unspecified atom stereocenters. The van der Waals surface area contributed by atoms with E-state index in [1.807, 2.05) is 11.8 Å². The number of hydrogen-bond acceptors (Lipinski definition) is 3. The maximum atomic E-state index is 3.57. The van der Waals surface area contributed by atoms with Gasteiger partial charge in [-0.2, -0.15) is 11.8 Å². The van der Waals surface area contributed by atoms with Crippen LogP contribution in [0.25, 0.3) is 0 Å². The van der Waals surface area contributed by atoms with E-state index in [4.69, 9.17) is 0 Å². The highest BCUT2D eigenvalue weighted by Gasteiger charge is 2.20. The minimum atomic E-state index is 0.573. The predicted octanol–water partition coefficient (Wildman–Crippen LogP) is 3.43. The van der Waals surface area contributed by atoms with E-state index in [0.717, 1.165) is 12.6 Å². The fraction of sp³-hybridized carbons (Fsp3) is 0.625.